The summed E-state index contributed by atoms with van der Waals surface area (Å²) < 4.78 is 0. The zero-order valence-electron chi connectivity index (χ0n) is 11.0. The Morgan fingerprint density at radius 3 is 2.35 bits per heavy atom. The van der Waals surface area contributed by atoms with Gasteiger partial charge in [0, 0.05) is 13.3 Å². The standard InChI is InChI=1S/C13H16ClN3O3/c1-9(18)15-11(7-10-5-3-2-4-6-10)13(20)17-16-12(19)8-14/h2-6,11H,7-8H2,1H3,(H,15,18)(H,16,19)(H,17,20)/t11-/m0/s1. The Morgan fingerprint density at radius 1 is 1.15 bits per heavy atom. The smallest absolute Gasteiger partial charge is 0.261 e. The van der Waals surface area contributed by atoms with Crippen molar-refractivity contribution in [3.63, 3.8) is 0 Å². The van der Waals surface area contributed by atoms with Gasteiger partial charge in [-0.3, -0.25) is 25.2 Å². The van der Waals surface area contributed by atoms with E-state index < -0.39 is 17.9 Å². The number of benzene rings is 1. The van der Waals surface area contributed by atoms with Crippen molar-refractivity contribution in [2.75, 3.05) is 5.88 Å². The van der Waals surface area contributed by atoms with Gasteiger partial charge in [-0.25, -0.2) is 0 Å². The Balaban J connectivity index is 2.66. The fourth-order valence-electron chi connectivity index (χ4n) is 1.56. The van der Waals surface area contributed by atoms with Crippen molar-refractivity contribution in [1.82, 2.24) is 16.2 Å². The molecule has 3 amide bonds. The van der Waals surface area contributed by atoms with E-state index in [4.69, 9.17) is 11.6 Å². The van der Waals surface area contributed by atoms with Crippen LogP contribution in [0.2, 0.25) is 0 Å². The summed E-state index contributed by atoms with van der Waals surface area (Å²) in [6, 6.07) is 8.46. The van der Waals surface area contributed by atoms with Crippen LogP contribution in [0.15, 0.2) is 30.3 Å². The Labute approximate surface area is 121 Å². The van der Waals surface area contributed by atoms with Gasteiger partial charge in [0.2, 0.25) is 5.91 Å². The lowest BCUT2D eigenvalue weighted by Gasteiger charge is -2.17. The third-order valence-corrected chi connectivity index (χ3v) is 2.67. The van der Waals surface area contributed by atoms with Crippen molar-refractivity contribution in [2.24, 2.45) is 0 Å². The summed E-state index contributed by atoms with van der Waals surface area (Å²) in [5.74, 6) is -1.63. The molecule has 108 valence electrons. The van der Waals surface area contributed by atoms with Crippen molar-refractivity contribution >= 4 is 29.3 Å². The van der Waals surface area contributed by atoms with E-state index in [9.17, 15) is 14.4 Å². The molecule has 0 aliphatic rings. The van der Waals surface area contributed by atoms with Gasteiger partial charge in [-0.1, -0.05) is 30.3 Å². The Morgan fingerprint density at radius 2 is 1.80 bits per heavy atom. The van der Waals surface area contributed by atoms with Crippen LogP contribution in [0.1, 0.15) is 12.5 Å². The minimum Gasteiger partial charge on any atom is -0.344 e. The zero-order chi connectivity index (χ0) is 15.0. The highest BCUT2D eigenvalue weighted by Gasteiger charge is 2.20. The first-order chi connectivity index (χ1) is 9.52. The third kappa shape index (κ3) is 5.71. The zero-order valence-corrected chi connectivity index (χ0v) is 11.7. The second kappa shape index (κ2) is 8.16. The molecule has 6 nitrogen and oxygen atoms in total. The molecular weight excluding hydrogens is 282 g/mol. The summed E-state index contributed by atoms with van der Waals surface area (Å²) in [7, 11) is 0. The molecule has 0 fully saturated rings. The molecule has 3 N–H and O–H groups in total. The molecule has 0 bridgehead atoms. The van der Waals surface area contributed by atoms with E-state index in [1.165, 1.54) is 6.92 Å². The van der Waals surface area contributed by atoms with Crippen molar-refractivity contribution in [3.05, 3.63) is 35.9 Å². The monoisotopic (exact) mass is 297 g/mol. The highest BCUT2D eigenvalue weighted by molar-refractivity contribution is 6.27. The molecule has 0 unspecified atom stereocenters. The fraction of sp³-hybridized carbons (Fsp3) is 0.308. The van der Waals surface area contributed by atoms with Gasteiger partial charge in [0.15, 0.2) is 0 Å². The number of hydrazine groups is 1. The highest BCUT2D eigenvalue weighted by atomic mass is 35.5. The molecule has 0 radical (unpaired) electrons. The quantitative estimate of drug-likeness (QED) is 0.533. The second-order valence-electron chi connectivity index (χ2n) is 4.11. The van der Waals surface area contributed by atoms with Crippen LogP contribution in [-0.2, 0) is 20.8 Å². The number of nitrogens with one attached hydrogen (secondary N) is 3. The van der Waals surface area contributed by atoms with Crippen molar-refractivity contribution in [3.8, 4) is 0 Å². The summed E-state index contributed by atoms with van der Waals surface area (Å²) in [6.07, 6.45) is 0.322. The second-order valence-corrected chi connectivity index (χ2v) is 4.38. The summed E-state index contributed by atoms with van der Waals surface area (Å²) in [5.41, 5.74) is 5.26. The van der Waals surface area contributed by atoms with E-state index in [-0.39, 0.29) is 11.8 Å². The van der Waals surface area contributed by atoms with Gasteiger partial charge in [0.25, 0.3) is 11.8 Å². The minimum absolute atomic E-state index is 0.260. The van der Waals surface area contributed by atoms with E-state index in [1.54, 1.807) is 0 Å². The topological polar surface area (TPSA) is 87.3 Å². The Bertz CT molecular complexity index is 479. The largest absolute Gasteiger partial charge is 0.344 e. The van der Waals surface area contributed by atoms with Gasteiger partial charge in [-0.15, -0.1) is 11.6 Å². The van der Waals surface area contributed by atoms with Gasteiger partial charge in [0.05, 0.1) is 0 Å². The van der Waals surface area contributed by atoms with Gasteiger partial charge >= 0.3 is 0 Å². The summed E-state index contributed by atoms with van der Waals surface area (Å²) >= 11 is 5.30. The number of hydrogen-bond acceptors (Lipinski definition) is 3. The van der Waals surface area contributed by atoms with Crippen LogP contribution in [0.5, 0.6) is 0 Å². The molecule has 0 heterocycles. The van der Waals surface area contributed by atoms with Crippen LogP contribution in [-0.4, -0.2) is 29.6 Å². The molecule has 20 heavy (non-hydrogen) atoms. The number of amides is 3. The SMILES string of the molecule is CC(=O)N[C@@H](Cc1ccccc1)C(=O)NNC(=O)CCl. The first-order valence-electron chi connectivity index (χ1n) is 5.98. The van der Waals surface area contributed by atoms with E-state index in [2.05, 4.69) is 16.2 Å². The third-order valence-electron chi connectivity index (χ3n) is 2.42. The fourth-order valence-corrected chi connectivity index (χ4v) is 1.62. The Kier molecular flexibility index (Phi) is 6.52. The molecule has 0 aromatic heterocycles. The minimum atomic E-state index is -0.773. The lowest BCUT2D eigenvalue weighted by molar-refractivity contribution is -0.131. The molecule has 1 atom stereocenters. The van der Waals surface area contributed by atoms with E-state index in [1.807, 2.05) is 30.3 Å². The first-order valence-corrected chi connectivity index (χ1v) is 6.52. The normalized spacial score (nSPS) is 11.3. The number of carbonyl (C=O) groups excluding carboxylic acids is 3. The number of halogens is 1. The summed E-state index contributed by atoms with van der Waals surface area (Å²) in [4.78, 5) is 34.0. The number of rotatable bonds is 5. The molecule has 0 saturated carbocycles. The predicted molar refractivity (Wildman–Crippen MR) is 74.8 cm³/mol. The average molecular weight is 298 g/mol. The van der Waals surface area contributed by atoms with Crippen molar-refractivity contribution in [1.29, 1.82) is 0 Å². The Hall–Kier alpha value is -2.08. The van der Waals surface area contributed by atoms with Gasteiger partial charge in [-0.2, -0.15) is 0 Å². The molecular formula is C13H16ClN3O3. The molecule has 1 aromatic carbocycles. The highest BCUT2D eigenvalue weighted by Crippen LogP contribution is 2.03. The van der Waals surface area contributed by atoms with Crippen LogP contribution in [0.4, 0.5) is 0 Å². The first kappa shape index (κ1) is 16.0. The molecule has 0 aliphatic heterocycles. The van der Waals surface area contributed by atoms with Crippen LogP contribution in [0.25, 0.3) is 0 Å². The maximum absolute atomic E-state index is 11.9. The summed E-state index contributed by atoms with van der Waals surface area (Å²) in [6.45, 7) is 1.32. The molecule has 1 aromatic rings. The molecule has 7 heteroatoms. The summed E-state index contributed by atoms with van der Waals surface area (Å²) in [5, 5.41) is 2.53. The number of hydrogen-bond donors (Lipinski definition) is 3. The van der Waals surface area contributed by atoms with Crippen molar-refractivity contribution in [2.45, 2.75) is 19.4 Å². The van der Waals surface area contributed by atoms with E-state index in [0.717, 1.165) is 5.56 Å². The molecule has 0 saturated heterocycles. The van der Waals surface area contributed by atoms with Crippen LogP contribution in [0, 0.1) is 0 Å². The molecule has 1 rings (SSSR count). The van der Waals surface area contributed by atoms with Crippen LogP contribution >= 0.6 is 11.6 Å². The maximum Gasteiger partial charge on any atom is 0.261 e. The molecule has 0 aliphatic carbocycles. The van der Waals surface area contributed by atoms with Gasteiger partial charge < -0.3 is 5.32 Å². The maximum atomic E-state index is 11.9. The van der Waals surface area contributed by atoms with Crippen LogP contribution in [0.3, 0.4) is 0 Å². The lowest BCUT2D eigenvalue weighted by atomic mass is 10.1. The molecule has 0 spiro atoms. The number of carbonyl (C=O) groups is 3. The average Bonchev–Trinajstić information content (AvgIpc) is 2.44. The van der Waals surface area contributed by atoms with Gasteiger partial charge in [0.1, 0.15) is 11.9 Å². The lowest BCUT2D eigenvalue weighted by Crippen LogP contribution is -2.53. The van der Waals surface area contributed by atoms with Crippen LogP contribution < -0.4 is 16.2 Å². The number of alkyl halides is 1. The van der Waals surface area contributed by atoms with Crippen molar-refractivity contribution < 1.29 is 14.4 Å². The van der Waals surface area contributed by atoms with Gasteiger partial charge in [-0.05, 0) is 5.56 Å². The predicted octanol–water partition coefficient (Wildman–Crippen LogP) is 0.120. The van der Waals surface area contributed by atoms with E-state index >= 15 is 0 Å². The van der Waals surface area contributed by atoms with E-state index in [0.29, 0.717) is 6.42 Å².